The van der Waals surface area contributed by atoms with Crippen molar-refractivity contribution in [2.45, 2.75) is 26.3 Å². The van der Waals surface area contributed by atoms with Crippen LogP contribution in [0.5, 0.6) is 0 Å². The van der Waals surface area contributed by atoms with Gasteiger partial charge < -0.3 is 4.90 Å². The van der Waals surface area contributed by atoms with Crippen molar-refractivity contribution >= 4 is 11.6 Å². The molecule has 132 valence electrons. The summed E-state index contributed by atoms with van der Waals surface area (Å²) in [6, 6.07) is 10.1. The molecule has 0 amide bonds. The molecule has 0 N–H and O–H groups in total. The highest BCUT2D eigenvalue weighted by molar-refractivity contribution is 6.29. The molecule has 2 aliphatic heterocycles. The molecule has 0 saturated carbocycles. The third-order valence-electron chi connectivity index (χ3n) is 5.14. The van der Waals surface area contributed by atoms with E-state index in [9.17, 15) is 5.26 Å². The summed E-state index contributed by atoms with van der Waals surface area (Å²) in [4.78, 5) is 4.60. The molecule has 3 unspecified atom stereocenters. The maximum atomic E-state index is 9.17. The summed E-state index contributed by atoms with van der Waals surface area (Å²) in [5, 5.41) is 9.93. The zero-order valence-electron chi connectivity index (χ0n) is 15.2. The maximum Gasteiger partial charge on any atom is 0.105 e. The Morgan fingerprint density at radius 1 is 1.24 bits per heavy atom. The molecule has 0 aromatic heterocycles. The van der Waals surface area contributed by atoms with Gasteiger partial charge in [0.25, 0.3) is 0 Å². The van der Waals surface area contributed by atoms with Crippen LogP contribution in [0.15, 0.2) is 47.1 Å². The number of nitrogens with zero attached hydrogens (tertiary/aromatic N) is 3. The Bertz CT molecular complexity index is 721. The SMILES string of the molecule is CC1CC(C)CN(CC2=CC(c3cccc(C#N)c3)N(C)C(Cl)=C2)C1. The van der Waals surface area contributed by atoms with Crippen molar-refractivity contribution in [3.63, 3.8) is 0 Å². The molecule has 1 aromatic carbocycles. The molecule has 1 fully saturated rings. The molecule has 1 saturated heterocycles. The fourth-order valence-electron chi connectivity index (χ4n) is 4.14. The van der Waals surface area contributed by atoms with Crippen molar-refractivity contribution in [3.05, 3.63) is 58.3 Å². The number of rotatable bonds is 3. The highest BCUT2D eigenvalue weighted by Crippen LogP contribution is 2.33. The van der Waals surface area contributed by atoms with Gasteiger partial charge in [-0.05, 0) is 47.6 Å². The second kappa shape index (κ2) is 7.64. The van der Waals surface area contributed by atoms with Gasteiger partial charge in [-0.25, -0.2) is 0 Å². The summed E-state index contributed by atoms with van der Waals surface area (Å²) in [7, 11) is 2.00. The number of likely N-dealkylation sites (N-methyl/N-ethyl adjacent to an activating group) is 1. The third-order valence-corrected chi connectivity index (χ3v) is 5.51. The largest absolute Gasteiger partial charge is 0.355 e. The van der Waals surface area contributed by atoms with Gasteiger partial charge in [0.05, 0.1) is 17.7 Å². The van der Waals surface area contributed by atoms with Crippen LogP contribution in [-0.4, -0.2) is 36.5 Å². The molecule has 3 rings (SSSR count). The van der Waals surface area contributed by atoms with E-state index in [4.69, 9.17) is 11.6 Å². The van der Waals surface area contributed by atoms with Crippen molar-refractivity contribution in [1.82, 2.24) is 9.80 Å². The van der Waals surface area contributed by atoms with Gasteiger partial charge in [-0.1, -0.05) is 43.7 Å². The number of nitriles is 1. The van der Waals surface area contributed by atoms with Crippen molar-refractivity contribution in [1.29, 1.82) is 5.26 Å². The predicted molar refractivity (Wildman–Crippen MR) is 103 cm³/mol. The van der Waals surface area contributed by atoms with Crippen LogP contribution in [-0.2, 0) is 0 Å². The van der Waals surface area contributed by atoms with Gasteiger partial charge in [0.15, 0.2) is 0 Å². The Balaban J connectivity index is 1.82. The Labute approximate surface area is 156 Å². The summed E-state index contributed by atoms with van der Waals surface area (Å²) in [6.45, 7) is 7.91. The second-order valence-corrected chi connectivity index (χ2v) is 8.03. The van der Waals surface area contributed by atoms with Crippen LogP contribution in [0.1, 0.15) is 37.4 Å². The van der Waals surface area contributed by atoms with Crippen molar-refractivity contribution in [2.75, 3.05) is 26.7 Å². The van der Waals surface area contributed by atoms with E-state index in [1.165, 1.54) is 12.0 Å². The van der Waals surface area contributed by atoms with E-state index in [2.05, 4.69) is 47.9 Å². The van der Waals surface area contributed by atoms with Crippen LogP contribution in [0, 0.1) is 23.2 Å². The molecule has 25 heavy (non-hydrogen) atoms. The molecule has 0 radical (unpaired) electrons. The average Bonchev–Trinajstić information content (AvgIpc) is 2.57. The lowest BCUT2D eigenvalue weighted by Crippen LogP contribution is -2.40. The highest BCUT2D eigenvalue weighted by atomic mass is 35.5. The van der Waals surface area contributed by atoms with Gasteiger partial charge in [0, 0.05) is 26.7 Å². The Morgan fingerprint density at radius 3 is 2.64 bits per heavy atom. The topological polar surface area (TPSA) is 30.3 Å². The van der Waals surface area contributed by atoms with E-state index < -0.39 is 0 Å². The average molecular weight is 356 g/mol. The lowest BCUT2D eigenvalue weighted by Gasteiger charge is -2.37. The summed E-state index contributed by atoms with van der Waals surface area (Å²) < 4.78 is 0. The normalized spacial score (nSPS) is 27.5. The van der Waals surface area contributed by atoms with Gasteiger partial charge in [-0.3, -0.25) is 4.90 Å². The number of likely N-dealkylation sites (tertiary alicyclic amines) is 1. The summed E-state index contributed by atoms with van der Waals surface area (Å²) >= 11 is 6.52. The van der Waals surface area contributed by atoms with Gasteiger partial charge in [-0.2, -0.15) is 5.26 Å². The fourth-order valence-corrected chi connectivity index (χ4v) is 4.39. The second-order valence-electron chi connectivity index (χ2n) is 7.64. The summed E-state index contributed by atoms with van der Waals surface area (Å²) in [5.41, 5.74) is 3.05. The van der Waals surface area contributed by atoms with Gasteiger partial charge in [-0.15, -0.1) is 0 Å². The quantitative estimate of drug-likeness (QED) is 0.746. The van der Waals surface area contributed by atoms with Gasteiger partial charge in [0.2, 0.25) is 0 Å². The first-order valence-electron chi connectivity index (χ1n) is 8.99. The standard InChI is InChI=1S/C21H26ClN3/c1-15-7-16(2)13-25(12-15)14-18-9-20(24(3)21(22)10-18)19-6-4-5-17(8-19)11-23/h4-6,8-10,15-16,20H,7,12-14H2,1-3H3. The lowest BCUT2D eigenvalue weighted by atomic mass is 9.91. The maximum absolute atomic E-state index is 9.17. The molecule has 0 spiro atoms. The summed E-state index contributed by atoms with van der Waals surface area (Å²) in [5.74, 6) is 1.50. The molecule has 2 heterocycles. The molecular formula is C21H26ClN3. The molecule has 0 aliphatic carbocycles. The van der Waals surface area contributed by atoms with Crippen LogP contribution < -0.4 is 0 Å². The molecule has 1 aromatic rings. The first-order chi connectivity index (χ1) is 12.0. The molecule has 3 atom stereocenters. The Morgan fingerprint density at radius 2 is 1.96 bits per heavy atom. The van der Waals surface area contributed by atoms with E-state index in [1.807, 2.05) is 25.2 Å². The van der Waals surface area contributed by atoms with Crippen molar-refractivity contribution in [3.8, 4) is 6.07 Å². The van der Waals surface area contributed by atoms with Crippen LogP contribution in [0.4, 0.5) is 0 Å². The minimum atomic E-state index is 0.0698. The van der Waals surface area contributed by atoms with Crippen LogP contribution in [0.2, 0.25) is 0 Å². The number of halogens is 1. The van der Waals surface area contributed by atoms with E-state index >= 15 is 0 Å². The van der Waals surface area contributed by atoms with E-state index in [-0.39, 0.29) is 6.04 Å². The van der Waals surface area contributed by atoms with Crippen molar-refractivity contribution < 1.29 is 0 Å². The molecule has 2 aliphatic rings. The molecule has 4 heteroatoms. The number of benzene rings is 1. The molecule has 0 bridgehead atoms. The minimum Gasteiger partial charge on any atom is -0.355 e. The van der Waals surface area contributed by atoms with Gasteiger partial charge >= 0.3 is 0 Å². The first-order valence-corrected chi connectivity index (χ1v) is 9.37. The fraction of sp³-hybridized carbons (Fsp3) is 0.476. The molecular weight excluding hydrogens is 330 g/mol. The van der Waals surface area contributed by atoms with Crippen LogP contribution in [0.3, 0.4) is 0 Å². The van der Waals surface area contributed by atoms with E-state index in [1.54, 1.807) is 0 Å². The number of hydrogen-bond acceptors (Lipinski definition) is 3. The predicted octanol–water partition coefficient (Wildman–Crippen LogP) is 4.53. The smallest absolute Gasteiger partial charge is 0.105 e. The Hall–Kier alpha value is -1.76. The molecule has 3 nitrogen and oxygen atoms in total. The van der Waals surface area contributed by atoms with Gasteiger partial charge in [0.1, 0.15) is 5.16 Å². The third kappa shape index (κ3) is 4.26. The lowest BCUT2D eigenvalue weighted by molar-refractivity contribution is 0.152. The number of hydrogen-bond donors (Lipinski definition) is 0. The zero-order valence-corrected chi connectivity index (χ0v) is 16.0. The van der Waals surface area contributed by atoms with Crippen LogP contribution >= 0.6 is 11.6 Å². The first kappa shape index (κ1) is 18.0. The van der Waals surface area contributed by atoms with E-state index in [0.717, 1.165) is 42.2 Å². The minimum absolute atomic E-state index is 0.0698. The highest BCUT2D eigenvalue weighted by Gasteiger charge is 2.25. The Kier molecular flexibility index (Phi) is 5.51. The number of piperidine rings is 1. The van der Waals surface area contributed by atoms with E-state index in [0.29, 0.717) is 5.56 Å². The summed E-state index contributed by atoms with van der Waals surface area (Å²) in [6.07, 6.45) is 5.68. The monoisotopic (exact) mass is 355 g/mol. The van der Waals surface area contributed by atoms with Crippen LogP contribution in [0.25, 0.3) is 0 Å². The zero-order chi connectivity index (χ0) is 18.0. The van der Waals surface area contributed by atoms with Crippen molar-refractivity contribution in [2.24, 2.45) is 11.8 Å².